The van der Waals surface area contributed by atoms with E-state index in [0.717, 1.165) is 22.3 Å². The van der Waals surface area contributed by atoms with Gasteiger partial charge in [-0.1, -0.05) is 48.8 Å². The van der Waals surface area contributed by atoms with Gasteiger partial charge in [0.05, 0.1) is 26.2 Å². The van der Waals surface area contributed by atoms with Gasteiger partial charge in [0, 0.05) is 36.0 Å². The molecule has 0 unspecified atom stereocenters. The Labute approximate surface area is 244 Å². The summed E-state index contributed by atoms with van der Waals surface area (Å²) in [5.41, 5.74) is 3.79. The number of carboxylic acid groups (broad SMARTS) is 1. The second-order valence-electron chi connectivity index (χ2n) is 10.9. The molecule has 1 aromatic heterocycles. The first kappa shape index (κ1) is 29.0. The Morgan fingerprint density at radius 2 is 1.85 bits per heavy atom. The number of para-hydroxylation sites is 1. The smallest absolute Gasteiger partial charge is 0.303 e. The number of amides is 1. The summed E-state index contributed by atoms with van der Waals surface area (Å²) in [4.78, 5) is 26.6. The quantitative estimate of drug-likeness (QED) is 0.325. The number of halogens is 1. The van der Waals surface area contributed by atoms with Gasteiger partial charge in [-0.15, -0.1) is 0 Å². The minimum atomic E-state index is -0.806. The summed E-state index contributed by atoms with van der Waals surface area (Å²) in [6, 6.07) is 11.3. The SMILES string of the molecule is COc1cccc([C@H]2O[C@H](CC(=O)N3CCC(CC(=O)O)CC3)c3noc(C(C)C)c3-c3ccc(Cl)cc32)c1OC. The van der Waals surface area contributed by atoms with Crippen LogP contribution in [0, 0.1) is 5.92 Å². The van der Waals surface area contributed by atoms with Crippen LogP contribution in [-0.4, -0.2) is 54.3 Å². The van der Waals surface area contributed by atoms with Gasteiger partial charge in [0.1, 0.15) is 23.7 Å². The standard InChI is InChI=1S/C31H35ClN2O7/c1-17(2)29-27-20-9-8-19(32)15-22(20)30(21-6-5-7-23(38-3)31(21)39-4)40-24(28(27)33-41-29)16-25(35)34-12-10-18(11-13-34)14-26(36)37/h5-9,15,17-18,24,30H,10-14,16H2,1-4H3,(H,36,37)/t24-,30-/m1/s1. The molecule has 2 aromatic carbocycles. The molecule has 1 fully saturated rings. The molecule has 41 heavy (non-hydrogen) atoms. The number of fused-ring (bicyclic) bond motifs is 3. The molecule has 0 aliphatic carbocycles. The highest BCUT2D eigenvalue weighted by molar-refractivity contribution is 6.30. The number of aliphatic carboxylic acids is 1. The Bertz CT molecular complexity index is 1430. The van der Waals surface area contributed by atoms with Crippen molar-refractivity contribution < 1.29 is 33.4 Å². The number of ether oxygens (including phenoxy) is 3. The molecule has 0 saturated carbocycles. The van der Waals surface area contributed by atoms with E-state index < -0.39 is 18.2 Å². The van der Waals surface area contributed by atoms with E-state index in [-0.39, 0.29) is 30.6 Å². The van der Waals surface area contributed by atoms with Crippen molar-refractivity contribution in [2.75, 3.05) is 27.3 Å². The third-order valence-corrected chi connectivity index (χ3v) is 8.18. The van der Waals surface area contributed by atoms with E-state index in [4.69, 9.17) is 35.4 Å². The van der Waals surface area contributed by atoms with Gasteiger partial charge in [-0.25, -0.2) is 0 Å². The number of nitrogens with zero attached hydrogens (tertiary/aromatic N) is 2. The van der Waals surface area contributed by atoms with Crippen molar-refractivity contribution in [1.29, 1.82) is 0 Å². The number of carbonyl (C=O) groups is 2. The zero-order valence-electron chi connectivity index (χ0n) is 23.7. The Balaban J connectivity index is 1.57. The third kappa shape index (κ3) is 5.78. The number of piperidine rings is 1. The van der Waals surface area contributed by atoms with Crippen molar-refractivity contribution in [2.24, 2.45) is 5.92 Å². The number of carbonyl (C=O) groups excluding carboxylic acids is 1. The minimum absolute atomic E-state index is 0.0299. The normalized spacial score (nSPS) is 18.9. The molecule has 0 spiro atoms. The number of hydrogen-bond donors (Lipinski definition) is 1. The average molecular weight is 583 g/mol. The summed E-state index contributed by atoms with van der Waals surface area (Å²) >= 11 is 6.54. The highest BCUT2D eigenvalue weighted by atomic mass is 35.5. The van der Waals surface area contributed by atoms with Crippen LogP contribution in [0.5, 0.6) is 11.5 Å². The van der Waals surface area contributed by atoms with Crippen LogP contribution in [0.1, 0.15) is 80.2 Å². The van der Waals surface area contributed by atoms with E-state index in [9.17, 15) is 9.59 Å². The van der Waals surface area contributed by atoms with Crippen molar-refractivity contribution in [2.45, 2.75) is 57.7 Å². The second kappa shape index (κ2) is 12.1. The number of likely N-dealkylation sites (tertiary alicyclic amines) is 1. The van der Waals surface area contributed by atoms with Gasteiger partial charge in [0.25, 0.3) is 0 Å². The van der Waals surface area contributed by atoms with E-state index >= 15 is 0 Å². The largest absolute Gasteiger partial charge is 0.493 e. The van der Waals surface area contributed by atoms with Gasteiger partial charge >= 0.3 is 5.97 Å². The van der Waals surface area contributed by atoms with Crippen LogP contribution < -0.4 is 9.47 Å². The van der Waals surface area contributed by atoms with E-state index in [1.54, 1.807) is 19.1 Å². The topological polar surface area (TPSA) is 111 Å². The molecule has 1 saturated heterocycles. The van der Waals surface area contributed by atoms with Crippen molar-refractivity contribution in [3.63, 3.8) is 0 Å². The lowest BCUT2D eigenvalue weighted by molar-refractivity contribution is -0.139. The summed E-state index contributed by atoms with van der Waals surface area (Å²) < 4.78 is 24.1. The molecule has 1 amide bonds. The first-order valence-electron chi connectivity index (χ1n) is 13.9. The first-order valence-corrected chi connectivity index (χ1v) is 14.2. The van der Waals surface area contributed by atoms with Gasteiger partial charge in [-0.3, -0.25) is 9.59 Å². The van der Waals surface area contributed by atoms with Gasteiger partial charge in [0.15, 0.2) is 11.5 Å². The molecule has 2 atom stereocenters. The number of hydrogen-bond acceptors (Lipinski definition) is 7. The fraction of sp³-hybridized carbons (Fsp3) is 0.452. The molecule has 1 N–H and O–H groups in total. The Morgan fingerprint density at radius 3 is 2.51 bits per heavy atom. The Kier molecular flexibility index (Phi) is 8.56. The summed E-state index contributed by atoms with van der Waals surface area (Å²) in [5, 5.41) is 14.2. The summed E-state index contributed by atoms with van der Waals surface area (Å²) in [5.74, 6) is 1.01. The van der Waals surface area contributed by atoms with Crippen LogP contribution in [0.2, 0.25) is 5.02 Å². The molecule has 3 heterocycles. The number of carboxylic acids is 1. The zero-order chi connectivity index (χ0) is 29.3. The van der Waals surface area contributed by atoms with Crippen molar-refractivity contribution >= 4 is 23.5 Å². The van der Waals surface area contributed by atoms with Gasteiger partial charge in [-0.2, -0.15) is 0 Å². The molecule has 10 heteroatoms. The van der Waals surface area contributed by atoms with Crippen molar-refractivity contribution in [1.82, 2.24) is 10.1 Å². The summed E-state index contributed by atoms with van der Waals surface area (Å²) in [6.45, 7) is 5.09. The third-order valence-electron chi connectivity index (χ3n) is 7.95. The summed E-state index contributed by atoms with van der Waals surface area (Å²) in [6.07, 6.45) is 0.109. The molecular formula is C31H35ClN2O7. The fourth-order valence-corrected chi connectivity index (χ4v) is 6.09. The molecule has 3 aromatic rings. The monoisotopic (exact) mass is 582 g/mol. The fourth-order valence-electron chi connectivity index (χ4n) is 5.91. The van der Waals surface area contributed by atoms with Gasteiger partial charge in [-0.05, 0) is 48.1 Å². The maximum absolute atomic E-state index is 13.7. The Hall–Kier alpha value is -3.56. The van der Waals surface area contributed by atoms with Crippen LogP contribution in [0.3, 0.4) is 0 Å². The molecule has 2 aliphatic heterocycles. The number of aromatic nitrogens is 1. The van der Waals surface area contributed by atoms with E-state index in [1.807, 2.05) is 50.2 Å². The van der Waals surface area contributed by atoms with E-state index in [2.05, 4.69) is 5.16 Å². The van der Waals surface area contributed by atoms with Crippen LogP contribution in [0.4, 0.5) is 0 Å². The molecular weight excluding hydrogens is 548 g/mol. The van der Waals surface area contributed by atoms with Crippen molar-refractivity contribution in [3.8, 4) is 22.6 Å². The molecule has 5 rings (SSSR count). The second-order valence-corrected chi connectivity index (χ2v) is 11.3. The highest BCUT2D eigenvalue weighted by Crippen LogP contribution is 2.50. The lowest BCUT2D eigenvalue weighted by Gasteiger charge is -2.32. The predicted octanol–water partition coefficient (Wildman–Crippen LogP) is 6.40. The van der Waals surface area contributed by atoms with Crippen LogP contribution >= 0.6 is 11.6 Å². The molecule has 0 radical (unpaired) electrons. The first-order chi connectivity index (χ1) is 19.7. The van der Waals surface area contributed by atoms with E-state index in [0.29, 0.717) is 53.9 Å². The predicted molar refractivity (Wildman–Crippen MR) is 152 cm³/mol. The maximum Gasteiger partial charge on any atom is 0.303 e. The molecule has 218 valence electrons. The van der Waals surface area contributed by atoms with Crippen molar-refractivity contribution in [3.05, 3.63) is 64.0 Å². The molecule has 0 bridgehead atoms. The zero-order valence-corrected chi connectivity index (χ0v) is 24.4. The number of rotatable bonds is 8. The molecule has 9 nitrogen and oxygen atoms in total. The Morgan fingerprint density at radius 1 is 1.10 bits per heavy atom. The average Bonchev–Trinajstić information content (AvgIpc) is 3.35. The summed E-state index contributed by atoms with van der Waals surface area (Å²) in [7, 11) is 3.16. The van der Waals surface area contributed by atoms with Crippen LogP contribution in [-0.2, 0) is 14.3 Å². The lowest BCUT2D eigenvalue weighted by atomic mass is 9.90. The van der Waals surface area contributed by atoms with Gasteiger partial charge < -0.3 is 28.7 Å². The van der Waals surface area contributed by atoms with Gasteiger partial charge in [0.2, 0.25) is 5.91 Å². The lowest BCUT2D eigenvalue weighted by Crippen LogP contribution is -2.39. The van der Waals surface area contributed by atoms with Crippen LogP contribution in [0.15, 0.2) is 40.9 Å². The number of methoxy groups -OCH3 is 2. The van der Waals surface area contributed by atoms with E-state index in [1.165, 1.54) is 0 Å². The minimum Gasteiger partial charge on any atom is -0.493 e. The number of benzene rings is 2. The van der Waals surface area contributed by atoms with Crippen LogP contribution in [0.25, 0.3) is 11.1 Å². The maximum atomic E-state index is 13.7. The molecule has 2 aliphatic rings. The highest BCUT2D eigenvalue weighted by Gasteiger charge is 2.39.